The molecule has 1 N–H and O–H groups in total. The molecule has 0 radical (unpaired) electrons. The Labute approximate surface area is 122 Å². The summed E-state index contributed by atoms with van der Waals surface area (Å²) in [5, 5.41) is 10.5. The monoisotopic (exact) mass is 287 g/mol. The number of carbonyl (C=O) groups is 1. The Kier molecular flexibility index (Phi) is 4.71. The van der Waals surface area contributed by atoms with Gasteiger partial charge in [0.2, 0.25) is 5.91 Å². The summed E-state index contributed by atoms with van der Waals surface area (Å²) in [6.45, 7) is 5.40. The molecule has 1 heterocycles. The van der Waals surface area contributed by atoms with Gasteiger partial charge >= 0.3 is 0 Å². The minimum Gasteiger partial charge on any atom is -0.387 e. The van der Waals surface area contributed by atoms with Crippen LogP contribution in [0.25, 0.3) is 0 Å². The van der Waals surface area contributed by atoms with Crippen LogP contribution in [0.2, 0.25) is 0 Å². The molecule has 1 amide bonds. The molecule has 2 rings (SSSR count). The molecule has 0 saturated heterocycles. The predicted octanol–water partition coefficient (Wildman–Crippen LogP) is 2.88. The molecule has 0 atom stereocenters. The third-order valence-electron chi connectivity index (χ3n) is 2.71. The van der Waals surface area contributed by atoms with Crippen molar-refractivity contribution in [2.75, 3.05) is 5.32 Å². The van der Waals surface area contributed by atoms with Crippen LogP contribution in [0.3, 0.4) is 0 Å². The standard InChI is InChI=1S/C15H17N3O3/c1-10-8-15(21-17-10)9-20-18-11(2)13-4-6-14(7-5-13)16-12(3)19/h4-8H,9H2,1-3H3,(H,16,19)/b18-11-. The van der Waals surface area contributed by atoms with E-state index in [0.29, 0.717) is 5.76 Å². The lowest BCUT2D eigenvalue weighted by molar-refractivity contribution is -0.114. The van der Waals surface area contributed by atoms with E-state index in [2.05, 4.69) is 15.6 Å². The van der Waals surface area contributed by atoms with Crippen molar-refractivity contribution in [3.05, 3.63) is 47.3 Å². The van der Waals surface area contributed by atoms with Gasteiger partial charge in [-0.15, -0.1) is 0 Å². The number of oxime groups is 1. The highest BCUT2D eigenvalue weighted by Gasteiger charge is 2.02. The van der Waals surface area contributed by atoms with Gasteiger partial charge in [0.1, 0.15) is 0 Å². The number of carbonyl (C=O) groups excluding carboxylic acids is 1. The predicted molar refractivity (Wildman–Crippen MR) is 79.0 cm³/mol. The first-order valence-electron chi connectivity index (χ1n) is 6.51. The molecule has 0 spiro atoms. The number of nitrogens with one attached hydrogen (secondary N) is 1. The van der Waals surface area contributed by atoms with E-state index in [0.717, 1.165) is 22.7 Å². The van der Waals surface area contributed by atoms with Gasteiger partial charge in [-0.3, -0.25) is 4.79 Å². The molecular weight excluding hydrogens is 270 g/mol. The number of amides is 1. The van der Waals surface area contributed by atoms with Crippen LogP contribution in [-0.2, 0) is 16.2 Å². The van der Waals surface area contributed by atoms with Crippen LogP contribution in [0.15, 0.2) is 40.0 Å². The third-order valence-corrected chi connectivity index (χ3v) is 2.71. The van der Waals surface area contributed by atoms with E-state index in [1.165, 1.54) is 6.92 Å². The molecule has 0 aliphatic rings. The van der Waals surface area contributed by atoms with Crippen molar-refractivity contribution in [3.63, 3.8) is 0 Å². The summed E-state index contributed by atoms with van der Waals surface area (Å²) in [5.41, 5.74) is 3.21. The van der Waals surface area contributed by atoms with E-state index in [1.807, 2.05) is 38.1 Å². The molecule has 0 fully saturated rings. The number of hydrogen-bond donors (Lipinski definition) is 1. The first-order chi connectivity index (χ1) is 10.0. The van der Waals surface area contributed by atoms with Gasteiger partial charge in [-0.2, -0.15) is 0 Å². The van der Waals surface area contributed by atoms with Crippen molar-refractivity contribution >= 4 is 17.3 Å². The molecule has 0 unspecified atom stereocenters. The fourth-order valence-electron chi connectivity index (χ4n) is 1.73. The fourth-order valence-corrected chi connectivity index (χ4v) is 1.73. The lowest BCUT2D eigenvalue weighted by Gasteiger charge is -2.04. The van der Waals surface area contributed by atoms with Crippen molar-refractivity contribution in [3.8, 4) is 0 Å². The number of aromatic nitrogens is 1. The summed E-state index contributed by atoms with van der Waals surface area (Å²) in [5.74, 6) is 0.531. The minimum atomic E-state index is -0.0983. The molecule has 21 heavy (non-hydrogen) atoms. The van der Waals surface area contributed by atoms with Crippen LogP contribution < -0.4 is 5.32 Å². The Morgan fingerprint density at radius 2 is 2.05 bits per heavy atom. The number of anilines is 1. The van der Waals surface area contributed by atoms with Crippen molar-refractivity contribution in [1.29, 1.82) is 0 Å². The summed E-state index contributed by atoms with van der Waals surface area (Å²) in [6.07, 6.45) is 0. The minimum absolute atomic E-state index is 0.0983. The number of aryl methyl sites for hydroxylation is 1. The smallest absolute Gasteiger partial charge is 0.221 e. The zero-order valence-corrected chi connectivity index (χ0v) is 12.2. The second-order valence-electron chi connectivity index (χ2n) is 4.64. The van der Waals surface area contributed by atoms with Gasteiger partial charge in [0, 0.05) is 18.7 Å². The lowest BCUT2D eigenvalue weighted by atomic mass is 10.1. The fraction of sp³-hybridized carbons (Fsp3) is 0.267. The van der Waals surface area contributed by atoms with Gasteiger partial charge in [-0.05, 0) is 31.5 Å². The lowest BCUT2D eigenvalue weighted by Crippen LogP contribution is -2.06. The van der Waals surface area contributed by atoms with E-state index in [1.54, 1.807) is 6.07 Å². The number of benzene rings is 1. The highest BCUT2D eigenvalue weighted by atomic mass is 16.6. The Hall–Kier alpha value is -2.63. The normalized spacial score (nSPS) is 11.3. The first-order valence-corrected chi connectivity index (χ1v) is 6.51. The Balaban J connectivity index is 1.93. The van der Waals surface area contributed by atoms with Gasteiger partial charge in [-0.1, -0.05) is 22.4 Å². The maximum Gasteiger partial charge on any atom is 0.221 e. The van der Waals surface area contributed by atoms with Crippen molar-refractivity contribution in [2.45, 2.75) is 27.4 Å². The summed E-state index contributed by atoms with van der Waals surface area (Å²) in [6, 6.07) is 9.16. The van der Waals surface area contributed by atoms with Gasteiger partial charge in [-0.25, -0.2) is 0 Å². The third kappa shape index (κ3) is 4.45. The topological polar surface area (TPSA) is 76.7 Å². The molecule has 0 bridgehead atoms. The zero-order valence-electron chi connectivity index (χ0n) is 12.2. The number of rotatable bonds is 5. The first kappa shape index (κ1) is 14.8. The van der Waals surface area contributed by atoms with Gasteiger partial charge < -0.3 is 14.7 Å². The highest BCUT2D eigenvalue weighted by Crippen LogP contribution is 2.11. The van der Waals surface area contributed by atoms with Crippen molar-refractivity contribution in [2.24, 2.45) is 5.16 Å². The largest absolute Gasteiger partial charge is 0.387 e. The van der Waals surface area contributed by atoms with Crippen molar-refractivity contribution in [1.82, 2.24) is 5.16 Å². The van der Waals surface area contributed by atoms with Gasteiger partial charge in [0.05, 0.1) is 11.4 Å². The highest BCUT2D eigenvalue weighted by molar-refractivity contribution is 5.99. The van der Waals surface area contributed by atoms with Gasteiger partial charge in [0.25, 0.3) is 0 Å². The molecule has 1 aromatic carbocycles. The summed E-state index contributed by atoms with van der Waals surface area (Å²) < 4.78 is 5.02. The molecule has 2 aromatic rings. The van der Waals surface area contributed by atoms with Crippen LogP contribution >= 0.6 is 0 Å². The molecule has 0 saturated carbocycles. The summed E-state index contributed by atoms with van der Waals surface area (Å²) >= 11 is 0. The zero-order chi connectivity index (χ0) is 15.2. The summed E-state index contributed by atoms with van der Waals surface area (Å²) in [7, 11) is 0. The van der Waals surface area contributed by atoms with Crippen LogP contribution in [-0.4, -0.2) is 16.8 Å². The maximum atomic E-state index is 10.9. The van der Waals surface area contributed by atoms with Crippen LogP contribution in [0.5, 0.6) is 0 Å². The quantitative estimate of drug-likeness (QED) is 0.677. The maximum absolute atomic E-state index is 10.9. The number of nitrogens with zero attached hydrogens (tertiary/aromatic N) is 2. The average molecular weight is 287 g/mol. The summed E-state index contributed by atoms with van der Waals surface area (Å²) in [4.78, 5) is 16.2. The molecule has 6 nitrogen and oxygen atoms in total. The van der Waals surface area contributed by atoms with Crippen LogP contribution in [0.1, 0.15) is 30.9 Å². The second-order valence-corrected chi connectivity index (χ2v) is 4.64. The molecule has 6 heteroatoms. The Bertz CT molecular complexity index is 644. The molecule has 110 valence electrons. The van der Waals surface area contributed by atoms with E-state index < -0.39 is 0 Å². The molecular formula is C15H17N3O3. The molecule has 0 aliphatic carbocycles. The van der Waals surface area contributed by atoms with Crippen molar-refractivity contribution < 1.29 is 14.2 Å². The van der Waals surface area contributed by atoms with E-state index in [9.17, 15) is 4.79 Å². The van der Waals surface area contributed by atoms with E-state index in [-0.39, 0.29) is 12.5 Å². The SMILES string of the molecule is CC(=O)Nc1ccc(/C(C)=N\OCc2cc(C)no2)cc1. The molecule has 1 aromatic heterocycles. The average Bonchev–Trinajstić information content (AvgIpc) is 2.84. The Morgan fingerprint density at radius 1 is 1.33 bits per heavy atom. The van der Waals surface area contributed by atoms with E-state index in [4.69, 9.17) is 9.36 Å². The molecule has 0 aliphatic heterocycles. The van der Waals surface area contributed by atoms with Crippen LogP contribution in [0.4, 0.5) is 5.69 Å². The van der Waals surface area contributed by atoms with E-state index >= 15 is 0 Å². The second kappa shape index (κ2) is 6.69. The van der Waals surface area contributed by atoms with Gasteiger partial charge in [0.15, 0.2) is 12.4 Å². The number of hydrogen-bond acceptors (Lipinski definition) is 5. The van der Waals surface area contributed by atoms with Crippen LogP contribution in [0, 0.1) is 6.92 Å². The Morgan fingerprint density at radius 3 is 2.62 bits per heavy atom.